The number of carboxylic acids is 1. The van der Waals surface area contributed by atoms with Gasteiger partial charge in [-0.1, -0.05) is 12.1 Å². The third kappa shape index (κ3) is 2.02. The van der Waals surface area contributed by atoms with Crippen LogP contribution in [0.15, 0.2) is 18.2 Å². The Morgan fingerprint density at radius 3 is 2.54 bits per heavy atom. The highest BCUT2D eigenvalue weighted by Crippen LogP contribution is 2.21. The van der Waals surface area contributed by atoms with Gasteiger partial charge in [0.15, 0.2) is 0 Å². The van der Waals surface area contributed by atoms with E-state index in [4.69, 9.17) is 5.11 Å². The van der Waals surface area contributed by atoms with Crippen molar-refractivity contribution in [2.75, 3.05) is 0 Å². The van der Waals surface area contributed by atoms with Gasteiger partial charge in [-0.25, -0.2) is 13.6 Å². The van der Waals surface area contributed by atoms with Crippen molar-refractivity contribution in [2.24, 2.45) is 0 Å². The molecule has 1 N–H and O–H groups in total. The summed E-state index contributed by atoms with van der Waals surface area (Å²) in [6, 6.07) is 3.61. The molecule has 1 aromatic carbocycles. The molecule has 0 unspecified atom stereocenters. The quantitative estimate of drug-likeness (QED) is 0.770. The van der Waals surface area contributed by atoms with E-state index in [0.717, 1.165) is 6.07 Å². The van der Waals surface area contributed by atoms with Crippen LogP contribution >= 0.6 is 0 Å². The summed E-state index contributed by atoms with van der Waals surface area (Å²) in [5.41, 5.74) is 0.151. The lowest BCUT2D eigenvalue weighted by Crippen LogP contribution is -2.00. The van der Waals surface area contributed by atoms with E-state index in [9.17, 15) is 13.6 Å². The molecule has 0 aliphatic rings. The molecule has 2 nitrogen and oxygen atoms in total. The Labute approximate surface area is 73.8 Å². The van der Waals surface area contributed by atoms with Gasteiger partial charge >= 0.3 is 5.97 Å². The van der Waals surface area contributed by atoms with Crippen LogP contribution in [0.5, 0.6) is 0 Å². The smallest absolute Gasteiger partial charge is 0.335 e. The van der Waals surface area contributed by atoms with Crippen molar-refractivity contribution < 1.29 is 18.7 Å². The van der Waals surface area contributed by atoms with E-state index >= 15 is 0 Å². The SMILES string of the molecule is Cc1ccc(C(F)F)cc1C(=O)O. The molecule has 0 bridgehead atoms. The van der Waals surface area contributed by atoms with E-state index in [1.807, 2.05) is 0 Å². The second kappa shape index (κ2) is 3.51. The van der Waals surface area contributed by atoms with E-state index in [1.54, 1.807) is 6.92 Å². The summed E-state index contributed by atoms with van der Waals surface area (Å²) in [5.74, 6) is -1.18. The summed E-state index contributed by atoms with van der Waals surface area (Å²) in [5, 5.41) is 8.63. The highest BCUT2D eigenvalue weighted by molar-refractivity contribution is 5.89. The first-order chi connectivity index (χ1) is 6.02. The molecule has 0 heterocycles. The molecule has 0 aromatic heterocycles. The van der Waals surface area contributed by atoms with Crippen LogP contribution in [0.2, 0.25) is 0 Å². The average Bonchev–Trinajstić information content (AvgIpc) is 2.04. The van der Waals surface area contributed by atoms with E-state index in [2.05, 4.69) is 0 Å². The standard InChI is InChI=1S/C9H8F2O2/c1-5-2-3-6(8(10)11)4-7(5)9(12)13/h2-4,8H,1H3,(H,12,13). The molecular weight excluding hydrogens is 178 g/mol. The number of carboxylic acid groups (broad SMARTS) is 1. The number of benzene rings is 1. The second-order valence-corrected chi connectivity index (χ2v) is 2.68. The van der Waals surface area contributed by atoms with Crippen LogP contribution in [-0.4, -0.2) is 11.1 Å². The van der Waals surface area contributed by atoms with Crippen LogP contribution in [0, 0.1) is 6.92 Å². The second-order valence-electron chi connectivity index (χ2n) is 2.68. The highest BCUT2D eigenvalue weighted by Gasteiger charge is 2.12. The predicted molar refractivity (Wildman–Crippen MR) is 43.1 cm³/mol. The Morgan fingerprint density at radius 1 is 1.46 bits per heavy atom. The molecular formula is C9H8F2O2. The summed E-state index contributed by atoms with van der Waals surface area (Å²) in [4.78, 5) is 10.6. The number of carbonyl (C=O) groups is 1. The van der Waals surface area contributed by atoms with Gasteiger partial charge in [0.2, 0.25) is 0 Å². The molecule has 0 atom stereocenters. The Hall–Kier alpha value is -1.45. The van der Waals surface area contributed by atoms with Gasteiger partial charge in [0.1, 0.15) is 0 Å². The maximum absolute atomic E-state index is 12.1. The lowest BCUT2D eigenvalue weighted by molar-refractivity contribution is 0.0695. The monoisotopic (exact) mass is 186 g/mol. The number of hydrogen-bond donors (Lipinski definition) is 1. The maximum atomic E-state index is 12.1. The van der Waals surface area contributed by atoms with E-state index in [-0.39, 0.29) is 11.1 Å². The predicted octanol–water partition coefficient (Wildman–Crippen LogP) is 2.63. The average molecular weight is 186 g/mol. The van der Waals surface area contributed by atoms with Gasteiger partial charge in [-0.15, -0.1) is 0 Å². The molecule has 4 heteroatoms. The molecule has 0 saturated heterocycles. The first kappa shape index (κ1) is 9.64. The molecule has 0 saturated carbocycles. The maximum Gasteiger partial charge on any atom is 0.335 e. The molecule has 13 heavy (non-hydrogen) atoms. The highest BCUT2D eigenvalue weighted by atomic mass is 19.3. The zero-order valence-electron chi connectivity index (χ0n) is 6.92. The van der Waals surface area contributed by atoms with Crippen molar-refractivity contribution in [3.8, 4) is 0 Å². The normalized spacial score (nSPS) is 10.5. The van der Waals surface area contributed by atoms with Gasteiger partial charge in [0.05, 0.1) is 5.56 Å². The number of aromatic carboxylic acids is 1. The zero-order valence-corrected chi connectivity index (χ0v) is 6.92. The molecule has 1 rings (SSSR count). The summed E-state index contributed by atoms with van der Waals surface area (Å²) < 4.78 is 24.3. The van der Waals surface area contributed by atoms with E-state index in [0.29, 0.717) is 5.56 Å². The fraction of sp³-hybridized carbons (Fsp3) is 0.222. The molecule has 0 aliphatic carbocycles. The van der Waals surface area contributed by atoms with Gasteiger partial charge < -0.3 is 5.11 Å². The first-order valence-corrected chi connectivity index (χ1v) is 3.64. The van der Waals surface area contributed by atoms with Crippen LogP contribution in [0.25, 0.3) is 0 Å². The topological polar surface area (TPSA) is 37.3 Å². The number of alkyl halides is 2. The summed E-state index contributed by atoms with van der Waals surface area (Å²) >= 11 is 0. The minimum absolute atomic E-state index is 0.0715. The van der Waals surface area contributed by atoms with Crippen LogP contribution in [0.3, 0.4) is 0 Å². The molecule has 0 aliphatic heterocycles. The third-order valence-electron chi connectivity index (χ3n) is 1.74. The molecule has 0 fully saturated rings. The van der Waals surface area contributed by atoms with Crippen molar-refractivity contribution in [2.45, 2.75) is 13.3 Å². The lowest BCUT2D eigenvalue weighted by Gasteiger charge is -2.03. The lowest BCUT2D eigenvalue weighted by atomic mass is 10.1. The fourth-order valence-electron chi connectivity index (χ4n) is 1.01. The summed E-state index contributed by atoms with van der Waals surface area (Å²) in [7, 11) is 0. The Balaban J connectivity index is 3.19. The molecule has 0 radical (unpaired) electrons. The fourth-order valence-corrected chi connectivity index (χ4v) is 1.01. The summed E-state index contributed by atoms with van der Waals surface area (Å²) in [6.07, 6.45) is -2.63. The number of aryl methyl sites for hydroxylation is 1. The Bertz CT molecular complexity index is 334. The van der Waals surface area contributed by atoms with Gasteiger partial charge in [-0.3, -0.25) is 0 Å². The van der Waals surface area contributed by atoms with Crippen molar-refractivity contribution in [3.63, 3.8) is 0 Å². The first-order valence-electron chi connectivity index (χ1n) is 3.64. The molecule has 0 spiro atoms. The molecule has 70 valence electrons. The van der Waals surface area contributed by atoms with Crippen molar-refractivity contribution >= 4 is 5.97 Å². The van der Waals surface area contributed by atoms with E-state index in [1.165, 1.54) is 12.1 Å². The van der Waals surface area contributed by atoms with Gasteiger partial charge in [0, 0.05) is 5.56 Å². The number of rotatable bonds is 2. The van der Waals surface area contributed by atoms with Crippen LogP contribution in [0.1, 0.15) is 27.9 Å². The van der Waals surface area contributed by atoms with Crippen LogP contribution in [-0.2, 0) is 0 Å². The Kier molecular flexibility index (Phi) is 2.60. The van der Waals surface area contributed by atoms with Gasteiger partial charge in [0.25, 0.3) is 6.43 Å². The third-order valence-corrected chi connectivity index (χ3v) is 1.74. The van der Waals surface area contributed by atoms with E-state index < -0.39 is 12.4 Å². The van der Waals surface area contributed by atoms with Gasteiger partial charge in [-0.05, 0) is 18.6 Å². The zero-order chi connectivity index (χ0) is 10.0. The number of hydrogen-bond acceptors (Lipinski definition) is 1. The molecule has 0 amide bonds. The largest absolute Gasteiger partial charge is 0.478 e. The van der Waals surface area contributed by atoms with Gasteiger partial charge in [-0.2, -0.15) is 0 Å². The molecule has 1 aromatic rings. The van der Waals surface area contributed by atoms with Crippen molar-refractivity contribution in [3.05, 3.63) is 34.9 Å². The van der Waals surface area contributed by atoms with Crippen LogP contribution in [0.4, 0.5) is 8.78 Å². The minimum Gasteiger partial charge on any atom is -0.478 e. The Morgan fingerprint density at radius 2 is 2.08 bits per heavy atom. The van der Waals surface area contributed by atoms with Crippen molar-refractivity contribution in [1.82, 2.24) is 0 Å². The van der Waals surface area contributed by atoms with Crippen LogP contribution < -0.4 is 0 Å². The minimum atomic E-state index is -2.63. The number of halogens is 2. The van der Waals surface area contributed by atoms with Crippen molar-refractivity contribution in [1.29, 1.82) is 0 Å². The summed E-state index contributed by atoms with van der Waals surface area (Å²) in [6.45, 7) is 1.57.